The van der Waals surface area contributed by atoms with Crippen LogP contribution in [0.3, 0.4) is 0 Å². The molecule has 41 nitrogen and oxygen atoms in total. The number of carbonyl (C=O) groups excluding carboxylic acids is 2. The molecule has 40 atom stereocenters. The van der Waals surface area contributed by atoms with E-state index in [1.54, 1.807) is 0 Å². The van der Waals surface area contributed by atoms with E-state index in [1.165, 1.54) is 13.8 Å². The van der Waals surface area contributed by atoms with E-state index in [-0.39, 0.29) is 0 Å². The Morgan fingerprint density at radius 2 is 0.667 bits per heavy atom. The fraction of sp³-hybridized carbons (Fsp3) is 0.962. The smallest absolute Gasteiger partial charge is 0.217 e. The molecular weight excluding hydrogens is 1280 g/mol. The summed E-state index contributed by atoms with van der Waals surface area (Å²) in [6, 6.07) is -3.80. The number of hydrogen-bond acceptors (Lipinski definition) is 39. The Kier molecular flexibility index (Phi) is 26.7. The summed E-state index contributed by atoms with van der Waals surface area (Å²) in [5.41, 5.74) is 0. The topological polar surface area (TPSA) is 642 Å². The Balaban J connectivity index is 1.16. The first-order valence-electron chi connectivity index (χ1n) is 29.9. The number of aliphatic hydroxyl groups excluding tert-OH is 22. The second kappa shape index (κ2) is 32.6. The zero-order chi connectivity index (χ0) is 68.5. The van der Waals surface area contributed by atoms with Crippen LogP contribution in [0.5, 0.6) is 0 Å². The lowest BCUT2D eigenvalue weighted by Crippen LogP contribution is -2.71. The molecule has 41 heteroatoms. The summed E-state index contributed by atoms with van der Waals surface area (Å²) in [5.74, 6) is -1.86. The van der Waals surface area contributed by atoms with Gasteiger partial charge in [-0.2, -0.15) is 0 Å². The third kappa shape index (κ3) is 16.4. The Hall–Kier alpha value is -2.54. The fourth-order valence-electron chi connectivity index (χ4n) is 12.1. The van der Waals surface area contributed by atoms with Crippen molar-refractivity contribution in [3.63, 3.8) is 0 Å². The van der Waals surface area contributed by atoms with Gasteiger partial charge in [-0.15, -0.1) is 0 Å². The number of ether oxygens (including phenoxy) is 15. The van der Waals surface area contributed by atoms with Crippen molar-refractivity contribution in [3.05, 3.63) is 0 Å². The molecule has 0 aliphatic carbocycles. The van der Waals surface area contributed by atoms with Crippen LogP contribution in [0.15, 0.2) is 0 Å². The van der Waals surface area contributed by atoms with Crippen molar-refractivity contribution in [3.8, 4) is 0 Å². The van der Waals surface area contributed by atoms with E-state index in [0.29, 0.717) is 0 Å². The van der Waals surface area contributed by atoms with Gasteiger partial charge in [0.1, 0.15) is 183 Å². The van der Waals surface area contributed by atoms with Crippen molar-refractivity contribution in [1.82, 2.24) is 10.6 Å². The highest BCUT2D eigenvalue weighted by Crippen LogP contribution is 2.39. The molecule has 8 aliphatic rings. The number of aliphatic hydroxyl groups is 22. The molecule has 0 unspecified atom stereocenters. The monoisotopic (exact) mass is 1360 g/mol. The highest BCUT2D eigenvalue weighted by molar-refractivity contribution is 5.73. The van der Waals surface area contributed by atoms with Gasteiger partial charge in [-0.3, -0.25) is 9.59 Å². The van der Waals surface area contributed by atoms with Crippen molar-refractivity contribution in [2.45, 2.75) is 273 Å². The summed E-state index contributed by atoms with van der Waals surface area (Å²) in [5, 5.41) is 245. The highest BCUT2D eigenvalue weighted by Gasteiger charge is 2.60. The Morgan fingerprint density at radius 1 is 0.301 bits per heavy atom. The Morgan fingerprint density at radius 3 is 1.19 bits per heavy atom. The van der Waals surface area contributed by atoms with Crippen LogP contribution in [0.1, 0.15) is 27.7 Å². The predicted octanol–water partition coefficient (Wildman–Crippen LogP) is -16.1. The van der Waals surface area contributed by atoms with E-state index >= 15 is 0 Å². The van der Waals surface area contributed by atoms with Gasteiger partial charge in [0.2, 0.25) is 11.8 Å². The molecule has 0 aromatic rings. The van der Waals surface area contributed by atoms with Crippen molar-refractivity contribution in [1.29, 1.82) is 0 Å². The number of rotatable bonds is 22. The van der Waals surface area contributed by atoms with Gasteiger partial charge in [-0.05, 0) is 13.8 Å². The normalized spacial score (nSPS) is 51.6. The van der Waals surface area contributed by atoms with Gasteiger partial charge in [0.25, 0.3) is 0 Å². The molecule has 0 aromatic heterocycles. The minimum absolute atomic E-state index is 0.860. The summed E-state index contributed by atoms with van der Waals surface area (Å²) in [4.78, 5) is 26.2. The summed E-state index contributed by atoms with van der Waals surface area (Å²) in [6.07, 6.45) is -75.0. The van der Waals surface area contributed by atoms with Crippen molar-refractivity contribution < 1.29 is 193 Å². The summed E-state index contributed by atoms with van der Waals surface area (Å²) in [7, 11) is 0. The van der Waals surface area contributed by atoms with Gasteiger partial charge in [-0.1, -0.05) is 0 Å². The van der Waals surface area contributed by atoms with E-state index < -0.39 is 297 Å². The standard InChI is InChI=1S/C52H88N2O39/c1-11-23(62)29(68)35(74)48(80-11)90-41-19(9-59)86-47(22(54-14(4)61)42(41)91-52-44(32(71)26(65)16(6-56)84-52)93-49-36(75)30(69)24(63)12(2)81-49)92-43-27(66)20(87-51(38(43)77)89-40-17(7-57)82-45(78)34(73)33(40)72)10-79-46-21(53-13(3)60)28(67)39(18(8-58)85-46)88-50-37(76)31(70)25(64)15(5-55)83-50/h11-12,15-52,55-59,62-78H,5-10H2,1-4H3,(H,53,60)(H,54,61)/t11-,12-,15+,16+,17+,18+,19+,20+,21+,22+,23+,24+,25-,26-,27-,28+,29+,30+,31-,32-,33+,34+,35-,36-,37+,38+,39+,40+,41+,42+,43-,44+,45+,46+,47-,48-,49-,50-,51-,52-/m0/s1. The summed E-state index contributed by atoms with van der Waals surface area (Å²) in [6.45, 7) is -1.81. The van der Waals surface area contributed by atoms with Gasteiger partial charge in [0.05, 0.1) is 51.8 Å². The van der Waals surface area contributed by atoms with Crippen LogP contribution in [0.2, 0.25) is 0 Å². The zero-order valence-electron chi connectivity index (χ0n) is 50.1. The van der Waals surface area contributed by atoms with Gasteiger partial charge in [0, 0.05) is 13.8 Å². The molecule has 8 saturated heterocycles. The molecule has 0 saturated carbocycles. The minimum atomic E-state index is -2.42. The molecule has 24 N–H and O–H groups in total. The van der Waals surface area contributed by atoms with Gasteiger partial charge < -0.3 is 194 Å². The van der Waals surface area contributed by atoms with Crippen LogP contribution in [0.25, 0.3) is 0 Å². The van der Waals surface area contributed by atoms with Gasteiger partial charge in [-0.25, -0.2) is 0 Å². The van der Waals surface area contributed by atoms with Crippen LogP contribution >= 0.6 is 0 Å². The van der Waals surface area contributed by atoms with E-state index in [0.717, 1.165) is 13.8 Å². The molecule has 93 heavy (non-hydrogen) atoms. The third-order valence-corrected chi connectivity index (χ3v) is 17.4. The van der Waals surface area contributed by atoms with Crippen molar-refractivity contribution >= 4 is 11.8 Å². The lowest BCUT2D eigenvalue weighted by molar-refractivity contribution is -0.401. The molecule has 8 heterocycles. The first-order valence-corrected chi connectivity index (χ1v) is 29.9. The quantitative estimate of drug-likeness (QED) is 0.0479. The highest BCUT2D eigenvalue weighted by atomic mass is 16.8. The maximum absolute atomic E-state index is 13.5. The summed E-state index contributed by atoms with van der Waals surface area (Å²) < 4.78 is 88.7. The lowest BCUT2D eigenvalue weighted by Gasteiger charge is -2.52. The number of nitrogens with one attached hydrogen (secondary N) is 2. The van der Waals surface area contributed by atoms with Crippen LogP contribution in [0, 0.1) is 0 Å². The molecule has 0 aromatic carbocycles. The SMILES string of the molecule is CC(=O)N[C@H]1[C@H](OC[C@H]2O[C@@H](O[C@H]3[C@H](O)[C@@H](O)[C@H](O)O[C@@H]3CO)[C@H](O)[C@@H](O[C@@H]3O[C@H](CO)[C@@H](O[C@@H]4O[C@@H](C)[C@@H](O)[C@@H](O)[C@@H]4O)[C@H](O[C@@H]4O[C@H](CO)[C@H](O)[C@H](O)[C@H]4O[C@@H]4O[C@@H](C)[C@@H](O)[C@@H](O)[C@@H]4O)[C@H]3NC(C)=O)[C@H]2O)O[C@H](CO)[C@@H](O[C@@H]2O[C@H](CO)[C@H](O)[C@H](O)[C@H]2O)[C@@H]1O. The molecule has 2 amide bonds. The number of hydrogen-bond donors (Lipinski definition) is 24. The third-order valence-electron chi connectivity index (χ3n) is 17.4. The maximum Gasteiger partial charge on any atom is 0.217 e. The van der Waals surface area contributed by atoms with E-state index in [1.807, 2.05) is 0 Å². The zero-order valence-corrected chi connectivity index (χ0v) is 50.1. The largest absolute Gasteiger partial charge is 0.394 e. The number of amides is 2. The van der Waals surface area contributed by atoms with Crippen LogP contribution < -0.4 is 10.6 Å². The molecule has 8 aliphatic heterocycles. The van der Waals surface area contributed by atoms with Crippen LogP contribution in [0.4, 0.5) is 0 Å². The first kappa shape index (κ1) is 76.2. The minimum Gasteiger partial charge on any atom is -0.394 e. The molecular formula is C52H88N2O39. The average molecular weight is 1370 g/mol. The predicted molar refractivity (Wildman–Crippen MR) is 285 cm³/mol. The van der Waals surface area contributed by atoms with Gasteiger partial charge in [0.15, 0.2) is 50.3 Å². The van der Waals surface area contributed by atoms with Crippen molar-refractivity contribution in [2.24, 2.45) is 0 Å². The number of carbonyl (C=O) groups is 2. The maximum atomic E-state index is 13.5. The summed E-state index contributed by atoms with van der Waals surface area (Å²) >= 11 is 0. The fourth-order valence-corrected chi connectivity index (χ4v) is 12.1. The second-order valence-corrected chi connectivity index (χ2v) is 23.9. The molecule has 8 fully saturated rings. The van der Waals surface area contributed by atoms with E-state index in [9.17, 15) is 122 Å². The second-order valence-electron chi connectivity index (χ2n) is 23.9. The van der Waals surface area contributed by atoms with Gasteiger partial charge >= 0.3 is 0 Å². The molecule has 8 rings (SSSR count). The molecule has 0 radical (unpaired) electrons. The Bertz CT molecular complexity index is 2350. The van der Waals surface area contributed by atoms with Crippen LogP contribution in [-0.4, -0.2) is 409 Å². The van der Waals surface area contributed by atoms with Crippen molar-refractivity contribution in [2.75, 3.05) is 39.6 Å². The first-order chi connectivity index (χ1) is 43.9. The van der Waals surface area contributed by atoms with Crippen LogP contribution in [-0.2, 0) is 80.6 Å². The Labute approximate surface area is 527 Å². The molecule has 0 spiro atoms. The molecule has 540 valence electrons. The lowest BCUT2D eigenvalue weighted by atomic mass is 9.93. The van der Waals surface area contributed by atoms with E-state index in [4.69, 9.17) is 71.1 Å². The van der Waals surface area contributed by atoms with E-state index in [2.05, 4.69) is 10.6 Å². The average Bonchev–Trinajstić information content (AvgIpc) is 0.773. The molecule has 0 bridgehead atoms.